The standard InChI is InChI=1S/C21H20N6O2/c1-12-11-16(17-13(2)25-27(4)19(17)23-12)21(29)24-15-7-5-14(6-8-15)18(28)20-22-9-10-26(20)3/h5-11H,1-4H3,(H,24,29). The Morgan fingerprint density at radius 2 is 1.79 bits per heavy atom. The van der Waals surface area contributed by atoms with Crippen molar-refractivity contribution < 1.29 is 9.59 Å². The van der Waals surface area contributed by atoms with E-state index >= 15 is 0 Å². The van der Waals surface area contributed by atoms with Crippen molar-refractivity contribution in [2.75, 3.05) is 5.32 Å². The van der Waals surface area contributed by atoms with Gasteiger partial charge in [-0.1, -0.05) is 0 Å². The number of pyridine rings is 1. The minimum atomic E-state index is -0.250. The van der Waals surface area contributed by atoms with Gasteiger partial charge < -0.3 is 9.88 Å². The number of carbonyl (C=O) groups excluding carboxylic acids is 2. The Hall–Kier alpha value is -3.81. The molecule has 0 saturated carbocycles. The van der Waals surface area contributed by atoms with Crippen molar-refractivity contribution in [3.05, 3.63) is 71.1 Å². The Kier molecular flexibility index (Phi) is 4.46. The third-order valence-electron chi connectivity index (χ3n) is 4.77. The Balaban J connectivity index is 1.61. The molecule has 0 fully saturated rings. The zero-order valence-corrected chi connectivity index (χ0v) is 16.6. The maximum absolute atomic E-state index is 12.9. The highest BCUT2D eigenvalue weighted by atomic mass is 16.1. The van der Waals surface area contributed by atoms with E-state index in [1.54, 1.807) is 66.1 Å². The van der Waals surface area contributed by atoms with E-state index in [9.17, 15) is 9.59 Å². The predicted octanol–water partition coefficient (Wildman–Crippen LogP) is 2.80. The van der Waals surface area contributed by atoms with E-state index in [1.807, 2.05) is 13.8 Å². The molecule has 146 valence electrons. The Morgan fingerprint density at radius 3 is 2.45 bits per heavy atom. The van der Waals surface area contributed by atoms with Crippen molar-refractivity contribution in [2.45, 2.75) is 13.8 Å². The number of aromatic nitrogens is 5. The number of anilines is 1. The van der Waals surface area contributed by atoms with Crippen molar-refractivity contribution >= 4 is 28.4 Å². The number of nitrogens with one attached hydrogen (secondary N) is 1. The van der Waals surface area contributed by atoms with Crippen LogP contribution in [0.15, 0.2) is 42.7 Å². The maximum atomic E-state index is 12.9. The molecule has 3 heterocycles. The highest BCUT2D eigenvalue weighted by molar-refractivity contribution is 6.13. The molecule has 0 spiro atoms. The zero-order valence-electron chi connectivity index (χ0n) is 16.6. The molecule has 1 N–H and O–H groups in total. The number of rotatable bonds is 4. The number of carbonyl (C=O) groups is 2. The second kappa shape index (κ2) is 6.97. The van der Waals surface area contributed by atoms with Gasteiger partial charge in [-0.05, 0) is 44.2 Å². The minimum Gasteiger partial charge on any atom is -0.331 e. The maximum Gasteiger partial charge on any atom is 0.256 e. The summed E-state index contributed by atoms with van der Waals surface area (Å²) in [6.07, 6.45) is 3.30. The topological polar surface area (TPSA) is 94.7 Å². The van der Waals surface area contributed by atoms with Gasteiger partial charge in [0.25, 0.3) is 5.91 Å². The van der Waals surface area contributed by atoms with E-state index in [0.717, 1.165) is 16.8 Å². The van der Waals surface area contributed by atoms with Gasteiger partial charge in [0, 0.05) is 43.4 Å². The zero-order chi connectivity index (χ0) is 20.7. The molecular weight excluding hydrogens is 368 g/mol. The molecule has 4 rings (SSSR count). The fraction of sp³-hybridized carbons (Fsp3) is 0.190. The summed E-state index contributed by atoms with van der Waals surface area (Å²) in [7, 11) is 3.58. The molecule has 0 aliphatic rings. The van der Waals surface area contributed by atoms with E-state index in [0.29, 0.717) is 28.3 Å². The van der Waals surface area contributed by atoms with Crippen molar-refractivity contribution in [3.63, 3.8) is 0 Å². The van der Waals surface area contributed by atoms with Gasteiger partial charge in [0.2, 0.25) is 5.78 Å². The average molecular weight is 388 g/mol. The Morgan fingerprint density at radius 1 is 1.07 bits per heavy atom. The third-order valence-corrected chi connectivity index (χ3v) is 4.77. The minimum absolute atomic E-state index is 0.173. The first-order valence-corrected chi connectivity index (χ1v) is 9.09. The number of hydrogen-bond donors (Lipinski definition) is 1. The van der Waals surface area contributed by atoms with Crippen LogP contribution >= 0.6 is 0 Å². The molecule has 0 unspecified atom stereocenters. The Labute approximate surface area is 167 Å². The lowest BCUT2D eigenvalue weighted by Crippen LogP contribution is -2.14. The van der Waals surface area contributed by atoms with Crippen LogP contribution in [0.25, 0.3) is 11.0 Å². The molecule has 1 amide bonds. The van der Waals surface area contributed by atoms with Gasteiger partial charge in [-0.3, -0.25) is 14.3 Å². The summed E-state index contributed by atoms with van der Waals surface area (Å²) >= 11 is 0. The molecule has 0 aliphatic carbocycles. The summed E-state index contributed by atoms with van der Waals surface area (Å²) in [5, 5.41) is 8.00. The number of nitrogens with zero attached hydrogens (tertiary/aromatic N) is 5. The number of benzene rings is 1. The van der Waals surface area contributed by atoms with Crippen LogP contribution in [0, 0.1) is 13.8 Å². The molecule has 1 aromatic carbocycles. The van der Waals surface area contributed by atoms with Crippen LogP contribution in [0.1, 0.15) is 37.9 Å². The lowest BCUT2D eigenvalue weighted by Gasteiger charge is -2.09. The summed E-state index contributed by atoms with van der Waals surface area (Å²) in [5.74, 6) is -0.0592. The molecule has 0 saturated heterocycles. The molecule has 29 heavy (non-hydrogen) atoms. The summed E-state index contributed by atoms with van der Waals surface area (Å²) < 4.78 is 3.34. The average Bonchev–Trinajstić information content (AvgIpc) is 3.24. The van der Waals surface area contributed by atoms with Crippen molar-refractivity contribution in [2.24, 2.45) is 14.1 Å². The largest absolute Gasteiger partial charge is 0.331 e. The number of amides is 1. The van der Waals surface area contributed by atoms with Gasteiger partial charge in [0.05, 0.1) is 16.6 Å². The van der Waals surface area contributed by atoms with Crippen molar-refractivity contribution in [3.8, 4) is 0 Å². The predicted molar refractivity (Wildman–Crippen MR) is 109 cm³/mol. The molecule has 8 nitrogen and oxygen atoms in total. The summed E-state index contributed by atoms with van der Waals surface area (Å²) in [4.78, 5) is 34.0. The van der Waals surface area contributed by atoms with E-state index in [2.05, 4.69) is 20.4 Å². The lowest BCUT2D eigenvalue weighted by atomic mass is 10.1. The highest BCUT2D eigenvalue weighted by Crippen LogP contribution is 2.23. The molecule has 4 aromatic rings. The lowest BCUT2D eigenvalue weighted by molar-refractivity contribution is 0.102. The van der Waals surface area contributed by atoms with Crippen LogP contribution in [-0.4, -0.2) is 36.0 Å². The molecule has 3 aromatic heterocycles. The molecule has 0 bridgehead atoms. The van der Waals surface area contributed by atoms with E-state index in [1.165, 1.54) is 0 Å². The first-order valence-electron chi connectivity index (χ1n) is 9.09. The molecular formula is C21H20N6O2. The molecule has 0 atom stereocenters. The number of imidazole rings is 1. The second-order valence-electron chi connectivity index (χ2n) is 6.94. The highest BCUT2D eigenvalue weighted by Gasteiger charge is 2.18. The number of fused-ring (bicyclic) bond motifs is 1. The number of ketones is 1. The van der Waals surface area contributed by atoms with E-state index in [4.69, 9.17) is 0 Å². The summed E-state index contributed by atoms with van der Waals surface area (Å²) in [6, 6.07) is 8.51. The fourth-order valence-electron chi connectivity index (χ4n) is 3.37. The third kappa shape index (κ3) is 3.29. The normalized spacial score (nSPS) is 11.0. The van der Waals surface area contributed by atoms with Crippen molar-refractivity contribution in [1.82, 2.24) is 24.3 Å². The fourth-order valence-corrected chi connectivity index (χ4v) is 3.37. The van der Waals surface area contributed by atoms with Crippen LogP contribution in [0.5, 0.6) is 0 Å². The number of aryl methyl sites for hydroxylation is 4. The molecule has 8 heteroatoms. The number of hydrogen-bond acceptors (Lipinski definition) is 5. The monoisotopic (exact) mass is 388 g/mol. The van der Waals surface area contributed by atoms with Gasteiger partial charge in [-0.2, -0.15) is 5.10 Å². The van der Waals surface area contributed by atoms with Crippen LogP contribution < -0.4 is 5.32 Å². The summed E-state index contributed by atoms with van der Waals surface area (Å²) in [5.41, 5.74) is 3.77. The molecule has 0 radical (unpaired) electrons. The smallest absolute Gasteiger partial charge is 0.256 e. The van der Waals surface area contributed by atoms with Crippen LogP contribution in [-0.2, 0) is 14.1 Å². The first-order chi connectivity index (χ1) is 13.8. The van der Waals surface area contributed by atoms with Gasteiger partial charge in [0.1, 0.15) is 0 Å². The van der Waals surface area contributed by atoms with Crippen molar-refractivity contribution in [1.29, 1.82) is 0 Å². The summed E-state index contributed by atoms with van der Waals surface area (Å²) in [6.45, 7) is 3.70. The van der Waals surface area contributed by atoms with Gasteiger partial charge in [-0.25, -0.2) is 9.97 Å². The van der Waals surface area contributed by atoms with Gasteiger partial charge >= 0.3 is 0 Å². The first kappa shape index (κ1) is 18.5. The quantitative estimate of drug-likeness (QED) is 0.543. The Bertz CT molecular complexity index is 1250. The van der Waals surface area contributed by atoms with Crippen LogP contribution in [0.3, 0.4) is 0 Å². The molecule has 0 aliphatic heterocycles. The second-order valence-corrected chi connectivity index (χ2v) is 6.94. The van der Waals surface area contributed by atoms with E-state index in [-0.39, 0.29) is 11.7 Å². The van der Waals surface area contributed by atoms with Crippen LogP contribution in [0.4, 0.5) is 5.69 Å². The van der Waals surface area contributed by atoms with Gasteiger partial charge in [0.15, 0.2) is 11.5 Å². The van der Waals surface area contributed by atoms with Gasteiger partial charge in [-0.15, -0.1) is 0 Å². The SMILES string of the molecule is Cc1cc(C(=O)Nc2ccc(C(=O)c3nccn3C)cc2)c2c(C)nn(C)c2n1. The van der Waals surface area contributed by atoms with Crippen LogP contribution in [0.2, 0.25) is 0 Å². The van der Waals surface area contributed by atoms with E-state index < -0.39 is 0 Å².